The van der Waals surface area contributed by atoms with Gasteiger partial charge in [-0.1, -0.05) is 23.7 Å². The van der Waals surface area contributed by atoms with Crippen LogP contribution in [0.5, 0.6) is 0 Å². The first-order valence-corrected chi connectivity index (χ1v) is 7.38. The molecular formula is C14H8ClN5S. The molecule has 0 radical (unpaired) electrons. The number of H-pyrrole nitrogens is 1. The van der Waals surface area contributed by atoms with E-state index in [0.29, 0.717) is 5.15 Å². The van der Waals surface area contributed by atoms with Gasteiger partial charge in [0.25, 0.3) is 0 Å². The number of fused-ring (bicyclic) bond motifs is 1. The second kappa shape index (κ2) is 4.91. The van der Waals surface area contributed by atoms with Crippen LogP contribution < -0.4 is 0 Å². The van der Waals surface area contributed by atoms with Crippen molar-refractivity contribution in [2.24, 2.45) is 0 Å². The van der Waals surface area contributed by atoms with E-state index in [2.05, 4.69) is 20.3 Å². The smallest absolute Gasteiger partial charge is 0.189 e. The van der Waals surface area contributed by atoms with Gasteiger partial charge in [0.05, 0.1) is 27.6 Å². The highest BCUT2D eigenvalue weighted by Gasteiger charge is 2.13. The molecule has 1 aromatic carbocycles. The molecule has 3 heterocycles. The highest BCUT2D eigenvalue weighted by molar-refractivity contribution is 7.17. The highest BCUT2D eigenvalue weighted by atomic mass is 35.5. The fourth-order valence-electron chi connectivity index (χ4n) is 2.21. The molecule has 0 spiro atoms. The summed E-state index contributed by atoms with van der Waals surface area (Å²) in [7, 11) is 0. The predicted octanol–water partition coefficient (Wildman–Crippen LogP) is 3.80. The van der Waals surface area contributed by atoms with Crippen molar-refractivity contribution < 1.29 is 1.41 Å². The van der Waals surface area contributed by atoms with Crippen LogP contribution in [0.4, 0.5) is 0 Å². The van der Waals surface area contributed by atoms with Gasteiger partial charge in [-0.2, -0.15) is 5.10 Å². The van der Waals surface area contributed by atoms with Gasteiger partial charge in [-0.3, -0.25) is 5.09 Å². The standard InChI is InChI=1S/C14H8ClN5S/c15-12-4-3-11(19-20-12)10-2-1-9(8-5-17-18-6-8)13-14(10)21-7-16-13/h1-7H,(H,17,18)/i/hT. The number of nitrogens with one attached hydrogen (secondary N) is 1. The minimum absolute atomic E-state index is 0.365. The Morgan fingerprint density at radius 3 is 2.81 bits per heavy atom. The first-order chi connectivity index (χ1) is 10.7. The summed E-state index contributed by atoms with van der Waals surface area (Å²) in [6.45, 7) is 0. The molecule has 5 nitrogen and oxygen atoms in total. The van der Waals surface area contributed by atoms with Crippen LogP contribution in [0.2, 0.25) is 6.56 Å². The summed E-state index contributed by atoms with van der Waals surface area (Å²) < 4.78 is 8.51. The van der Waals surface area contributed by atoms with Gasteiger partial charge in [-0.15, -0.1) is 21.5 Å². The second-order valence-electron chi connectivity index (χ2n) is 4.38. The summed E-state index contributed by atoms with van der Waals surface area (Å²) in [6, 6.07) is 7.50. The molecule has 0 unspecified atom stereocenters. The molecule has 0 saturated heterocycles. The molecule has 4 aromatic rings. The molecule has 4 rings (SSSR count). The van der Waals surface area contributed by atoms with Crippen LogP contribution in [0, 0.1) is 0 Å². The van der Waals surface area contributed by atoms with Crippen LogP contribution in [0.3, 0.4) is 0 Å². The van der Waals surface area contributed by atoms with Crippen molar-refractivity contribution in [1.82, 2.24) is 25.4 Å². The average Bonchev–Trinajstić information content (AvgIpc) is 3.16. The van der Waals surface area contributed by atoms with Gasteiger partial charge in [-0.05, 0) is 12.1 Å². The van der Waals surface area contributed by atoms with Crippen LogP contribution in [-0.2, 0) is 0 Å². The third kappa shape index (κ3) is 2.09. The van der Waals surface area contributed by atoms with Crippen molar-refractivity contribution in [2.75, 3.05) is 0 Å². The molecular weight excluding hydrogens is 306 g/mol. The minimum atomic E-state index is 0.365. The van der Waals surface area contributed by atoms with Gasteiger partial charge in [0.1, 0.15) is 0 Å². The summed E-state index contributed by atoms with van der Waals surface area (Å²) in [5, 5.41) is 13.3. The van der Waals surface area contributed by atoms with Crippen LogP contribution in [0.25, 0.3) is 32.6 Å². The van der Waals surface area contributed by atoms with E-state index < -0.39 is 0 Å². The predicted molar refractivity (Wildman–Crippen MR) is 83.2 cm³/mol. The van der Waals surface area contributed by atoms with E-state index in [1.807, 2.05) is 18.2 Å². The Morgan fingerprint density at radius 2 is 2.05 bits per heavy atom. The summed E-state index contributed by atoms with van der Waals surface area (Å²) >= 11 is 7.34. The molecule has 0 saturated carbocycles. The molecule has 0 aliphatic heterocycles. The number of aromatic amines is 1. The van der Waals surface area contributed by atoms with Crippen LogP contribution in [-0.4, -0.2) is 25.4 Å². The highest BCUT2D eigenvalue weighted by Crippen LogP contribution is 2.36. The lowest BCUT2D eigenvalue weighted by molar-refractivity contribution is 1.04. The number of rotatable bonds is 2. The molecule has 7 heteroatoms. The van der Waals surface area contributed by atoms with E-state index in [-0.39, 0.29) is 0 Å². The van der Waals surface area contributed by atoms with Crippen molar-refractivity contribution in [3.63, 3.8) is 0 Å². The van der Waals surface area contributed by atoms with E-state index in [1.54, 1.807) is 35.3 Å². The SMILES string of the molecule is [3H]n1cc(-c2ccc(-c3ccc(Cl)nn3)c3scnc23)cn1. The Bertz CT molecular complexity index is 963. The second-order valence-corrected chi connectivity index (χ2v) is 5.62. The molecule has 1 N–H and O–H groups in total. The van der Waals surface area contributed by atoms with E-state index >= 15 is 0 Å². The Balaban J connectivity index is 1.93. The number of aromatic nitrogens is 5. The van der Waals surface area contributed by atoms with E-state index in [9.17, 15) is 0 Å². The van der Waals surface area contributed by atoms with Gasteiger partial charge in [-0.25, -0.2) is 4.98 Å². The molecule has 3 aromatic heterocycles. The molecule has 0 atom stereocenters. The zero-order valence-corrected chi connectivity index (χ0v) is 12.1. The minimum Gasteiger partial charge on any atom is -0.285 e. The molecule has 21 heavy (non-hydrogen) atoms. The summed E-state index contributed by atoms with van der Waals surface area (Å²) in [5.74, 6) is 0. The molecule has 0 aliphatic rings. The van der Waals surface area contributed by atoms with Gasteiger partial charge < -0.3 is 0 Å². The number of benzene rings is 1. The summed E-state index contributed by atoms with van der Waals surface area (Å²) in [6.07, 6.45) is 3.30. The van der Waals surface area contributed by atoms with Crippen LogP contribution >= 0.6 is 22.9 Å². The fraction of sp³-hybridized carbons (Fsp3) is 0. The molecule has 0 bridgehead atoms. The van der Waals surface area contributed by atoms with Crippen LogP contribution in [0.15, 0.2) is 42.2 Å². The number of hydrogen-bond acceptors (Lipinski definition) is 5. The number of thiazole rings is 1. The van der Waals surface area contributed by atoms with Crippen molar-refractivity contribution in [1.29, 1.82) is 0 Å². The maximum Gasteiger partial charge on any atom is 0.189 e. The van der Waals surface area contributed by atoms with Gasteiger partial charge in [0.2, 0.25) is 0 Å². The number of nitrogens with zero attached hydrogens (tertiary/aromatic N) is 4. The lowest BCUT2D eigenvalue weighted by Gasteiger charge is -2.05. The Kier molecular flexibility index (Phi) is 2.65. The zero-order chi connectivity index (χ0) is 15.1. The largest absolute Gasteiger partial charge is 0.285 e. The monoisotopic (exact) mass is 315 g/mol. The summed E-state index contributed by atoms with van der Waals surface area (Å²) in [4.78, 5) is 4.45. The van der Waals surface area contributed by atoms with Crippen molar-refractivity contribution in [2.45, 2.75) is 0 Å². The van der Waals surface area contributed by atoms with Crippen molar-refractivity contribution in [3.05, 3.63) is 47.3 Å². The van der Waals surface area contributed by atoms with Crippen molar-refractivity contribution >= 4 is 33.2 Å². The van der Waals surface area contributed by atoms with E-state index in [0.717, 1.165) is 37.7 Å². The Hall–Kier alpha value is -2.31. The normalized spacial score (nSPS) is 11.8. The third-order valence-electron chi connectivity index (χ3n) is 3.16. The maximum absolute atomic E-state index is 7.49. The number of hydrogen-bond donors (Lipinski definition) is 1. The molecule has 0 fully saturated rings. The first-order valence-electron chi connectivity index (χ1n) is 6.57. The van der Waals surface area contributed by atoms with Gasteiger partial charge >= 0.3 is 0 Å². The lowest BCUT2D eigenvalue weighted by Crippen LogP contribution is -1.88. The van der Waals surface area contributed by atoms with Crippen LogP contribution in [0.1, 0.15) is 0 Å². The zero-order valence-electron chi connectivity index (χ0n) is 11.6. The maximum atomic E-state index is 7.49. The van der Waals surface area contributed by atoms with E-state index in [4.69, 9.17) is 13.0 Å². The van der Waals surface area contributed by atoms with E-state index in [1.165, 1.54) is 0 Å². The first kappa shape index (κ1) is 11.4. The molecule has 0 amide bonds. The lowest BCUT2D eigenvalue weighted by atomic mass is 10.0. The molecule has 102 valence electrons. The van der Waals surface area contributed by atoms with Gasteiger partial charge in [0.15, 0.2) is 6.56 Å². The molecule has 0 aliphatic carbocycles. The van der Waals surface area contributed by atoms with Crippen molar-refractivity contribution in [3.8, 4) is 22.4 Å². The van der Waals surface area contributed by atoms with Gasteiger partial charge in [0, 0.05) is 22.9 Å². The summed E-state index contributed by atoms with van der Waals surface area (Å²) in [5.41, 5.74) is 6.18. The number of halogens is 1. The Morgan fingerprint density at radius 1 is 1.14 bits per heavy atom. The topological polar surface area (TPSA) is 67.3 Å². The fourth-order valence-corrected chi connectivity index (χ4v) is 3.15. The quantitative estimate of drug-likeness (QED) is 0.611. The average molecular weight is 316 g/mol. The third-order valence-corrected chi connectivity index (χ3v) is 4.22. The Labute approximate surface area is 130 Å².